The van der Waals surface area contributed by atoms with E-state index in [-0.39, 0.29) is 5.78 Å². The second-order valence-corrected chi connectivity index (χ2v) is 4.71. The van der Waals surface area contributed by atoms with Gasteiger partial charge in [0.15, 0.2) is 5.78 Å². The summed E-state index contributed by atoms with van der Waals surface area (Å²) in [7, 11) is 1.36. The van der Waals surface area contributed by atoms with Crippen molar-refractivity contribution in [2.75, 3.05) is 13.7 Å². The number of hydrogen-bond donors (Lipinski definition) is 0. The summed E-state index contributed by atoms with van der Waals surface area (Å²) >= 11 is 0. The van der Waals surface area contributed by atoms with Crippen molar-refractivity contribution in [1.29, 1.82) is 0 Å². The molecule has 0 aromatic heterocycles. The minimum atomic E-state index is -0.400. The molecule has 0 N–H and O–H groups in total. The first-order valence-corrected chi connectivity index (χ1v) is 6.30. The van der Waals surface area contributed by atoms with Gasteiger partial charge in [-0.1, -0.05) is 13.3 Å². The number of hydrogen-bond acceptors (Lipinski definition) is 3. The van der Waals surface area contributed by atoms with Crippen molar-refractivity contribution in [3.8, 4) is 0 Å². The maximum atomic E-state index is 12.0. The van der Waals surface area contributed by atoms with Gasteiger partial charge >= 0.3 is 6.09 Å². The molecule has 4 nitrogen and oxygen atoms in total. The zero-order chi connectivity index (χ0) is 12.4. The average Bonchev–Trinajstić information content (AvgIpc) is 2.66. The van der Waals surface area contributed by atoms with Gasteiger partial charge in [0.25, 0.3) is 0 Å². The van der Waals surface area contributed by atoms with Crippen LogP contribution in [0.25, 0.3) is 0 Å². The van der Waals surface area contributed by atoms with Crippen molar-refractivity contribution in [1.82, 2.24) is 4.90 Å². The Kier molecular flexibility index (Phi) is 3.50. The molecule has 1 heterocycles. The summed E-state index contributed by atoms with van der Waals surface area (Å²) in [5.74, 6) is 0.471. The summed E-state index contributed by atoms with van der Waals surface area (Å²) in [6.07, 6.45) is 4.18. The smallest absolute Gasteiger partial charge is 0.414 e. The molecule has 4 heteroatoms. The number of carbonyl (C=O) groups is 2. The minimum Gasteiger partial charge on any atom is -0.452 e. The van der Waals surface area contributed by atoms with Gasteiger partial charge in [-0.15, -0.1) is 0 Å². The molecule has 0 saturated carbocycles. The SMILES string of the molecule is CCCC1CC(=O)C2=C1CCCN2C(=O)OC. The monoisotopic (exact) mass is 237 g/mol. The predicted molar refractivity (Wildman–Crippen MR) is 63.4 cm³/mol. The number of nitrogens with zero attached hydrogens (tertiary/aromatic N) is 1. The highest BCUT2D eigenvalue weighted by Gasteiger charge is 2.39. The maximum Gasteiger partial charge on any atom is 0.414 e. The lowest BCUT2D eigenvalue weighted by molar-refractivity contribution is -0.116. The molecule has 1 aliphatic carbocycles. The Bertz CT molecular complexity index is 373. The van der Waals surface area contributed by atoms with E-state index in [2.05, 4.69) is 6.92 Å². The van der Waals surface area contributed by atoms with Crippen LogP contribution in [0.4, 0.5) is 4.79 Å². The largest absolute Gasteiger partial charge is 0.452 e. The summed E-state index contributed by atoms with van der Waals surface area (Å²) in [6.45, 7) is 2.74. The number of methoxy groups -OCH3 is 1. The standard InChI is InChI=1S/C13H19NO3/c1-3-5-9-8-11(15)12-10(9)6-4-7-14(12)13(16)17-2/h9H,3-8H2,1-2H3. The molecule has 1 aliphatic heterocycles. The molecule has 0 aromatic rings. The lowest BCUT2D eigenvalue weighted by Gasteiger charge is -2.28. The molecule has 1 amide bonds. The van der Waals surface area contributed by atoms with Crippen LogP contribution in [0.15, 0.2) is 11.3 Å². The summed E-state index contributed by atoms with van der Waals surface area (Å²) in [5, 5.41) is 0. The van der Waals surface area contributed by atoms with E-state index in [9.17, 15) is 9.59 Å². The Morgan fingerprint density at radius 2 is 2.29 bits per heavy atom. The molecule has 0 spiro atoms. The molecule has 2 aliphatic rings. The zero-order valence-corrected chi connectivity index (χ0v) is 10.5. The van der Waals surface area contributed by atoms with E-state index in [0.717, 1.165) is 25.7 Å². The molecule has 94 valence electrons. The Balaban J connectivity index is 2.29. The van der Waals surface area contributed by atoms with Crippen molar-refractivity contribution in [2.45, 2.75) is 39.0 Å². The van der Waals surface area contributed by atoms with Crippen molar-refractivity contribution >= 4 is 11.9 Å². The summed E-state index contributed by atoms with van der Waals surface area (Å²) in [4.78, 5) is 25.2. The molecule has 1 unspecified atom stereocenters. The zero-order valence-electron chi connectivity index (χ0n) is 10.5. The summed E-state index contributed by atoms with van der Waals surface area (Å²) in [6, 6.07) is 0. The number of ether oxygens (including phenoxy) is 1. The molecule has 1 atom stereocenters. The lowest BCUT2D eigenvalue weighted by atomic mass is 9.91. The first-order chi connectivity index (χ1) is 8.19. The minimum absolute atomic E-state index is 0.114. The van der Waals surface area contributed by atoms with E-state index in [1.165, 1.54) is 17.6 Å². The first-order valence-electron chi connectivity index (χ1n) is 6.30. The lowest BCUT2D eigenvalue weighted by Crippen LogP contribution is -2.36. The number of allylic oxidation sites excluding steroid dienone is 2. The van der Waals surface area contributed by atoms with E-state index in [4.69, 9.17) is 4.74 Å². The fourth-order valence-electron chi connectivity index (χ4n) is 2.92. The van der Waals surface area contributed by atoms with Crippen LogP contribution in [0.1, 0.15) is 39.0 Å². The van der Waals surface area contributed by atoms with E-state index >= 15 is 0 Å². The third-order valence-corrected chi connectivity index (χ3v) is 3.62. The van der Waals surface area contributed by atoms with Crippen molar-refractivity contribution in [3.63, 3.8) is 0 Å². The summed E-state index contributed by atoms with van der Waals surface area (Å²) in [5.41, 5.74) is 1.83. The van der Waals surface area contributed by atoms with Gasteiger partial charge in [0.1, 0.15) is 0 Å². The van der Waals surface area contributed by atoms with Crippen molar-refractivity contribution in [2.24, 2.45) is 5.92 Å². The van der Waals surface area contributed by atoms with Crippen LogP contribution in [0.2, 0.25) is 0 Å². The van der Waals surface area contributed by atoms with Crippen molar-refractivity contribution in [3.05, 3.63) is 11.3 Å². The van der Waals surface area contributed by atoms with Gasteiger partial charge in [-0.05, 0) is 30.8 Å². The number of amides is 1. The van der Waals surface area contributed by atoms with Crippen molar-refractivity contribution < 1.29 is 14.3 Å². The van der Waals surface area contributed by atoms with Gasteiger partial charge in [0.2, 0.25) is 0 Å². The molecule has 0 fully saturated rings. The Morgan fingerprint density at radius 3 is 2.94 bits per heavy atom. The fourth-order valence-corrected chi connectivity index (χ4v) is 2.92. The third kappa shape index (κ3) is 2.08. The number of carbonyl (C=O) groups excluding carboxylic acids is 2. The van der Waals surface area contributed by atoms with E-state index < -0.39 is 6.09 Å². The van der Waals surface area contributed by atoms with Gasteiger partial charge < -0.3 is 4.74 Å². The molecule has 0 bridgehead atoms. The number of rotatable bonds is 2. The molecular weight excluding hydrogens is 218 g/mol. The summed E-state index contributed by atoms with van der Waals surface area (Å²) < 4.78 is 4.74. The normalized spacial score (nSPS) is 24.0. The molecule has 0 radical (unpaired) electrons. The van der Waals surface area contributed by atoms with Gasteiger partial charge in [-0.2, -0.15) is 0 Å². The van der Waals surface area contributed by atoms with Gasteiger partial charge in [0, 0.05) is 13.0 Å². The fraction of sp³-hybridized carbons (Fsp3) is 0.692. The Hall–Kier alpha value is -1.32. The number of Topliss-reactive ketones (excluding diaryl/α,β-unsaturated/α-hetero) is 1. The average molecular weight is 237 g/mol. The van der Waals surface area contributed by atoms with Crippen LogP contribution < -0.4 is 0 Å². The topological polar surface area (TPSA) is 46.6 Å². The van der Waals surface area contributed by atoms with Crippen LogP contribution in [0.3, 0.4) is 0 Å². The van der Waals surface area contributed by atoms with Crippen LogP contribution in [0, 0.1) is 5.92 Å². The van der Waals surface area contributed by atoms with E-state index in [1.807, 2.05) is 0 Å². The molecule has 17 heavy (non-hydrogen) atoms. The quantitative estimate of drug-likeness (QED) is 0.741. The van der Waals surface area contributed by atoms with Crippen LogP contribution in [0.5, 0.6) is 0 Å². The first kappa shape index (κ1) is 12.1. The highest BCUT2D eigenvalue weighted by Crippen LogP contribution is 2.39. The Labute approximate surface area is 102 Å². The van der Waals surface area contributed by atoms with E-state index in [1.54, 1.807) is 0 Å². The van der Waals surface area contributed by atoms with Gasteiger partial charge in [-0.25, -0.2) is 4.79 Å². The van der Waals surface area contributed by atoms with Gasteiger partial charge in [-0.3, -0.25) is 9.69 Å². The second kappa shape index (κ2) is 4.90. The van der Waals surface area contributed by atoms with E-state index in [0.29, 0.717) is 24.6 Å². The second-order valence-electron chi connectivity index (χ2n) is 4.71. The molecule has 2 rings (SSSR count). The molecule has 0 aromatic carbocycles. The predicted octanol–water partition coefficient (Wildman–Crippen LogP) is 2.49. The van der Waals surface area contributed by atoms with Crippen LogP contribution in [-0.4, -0.2) is 30.4 Å². The molecular formula is C13H19NO3. The van der Waals surface area contributed by atoms with Crippen LogP contribution in [-0.2, 0) is 9.53 Å². The highest BCUT2D eigenvalue weighted by molar-refractivity contribution is 6.01. The maximum absolute atomic E-state index is 12.0. The highest BCUT2D eigenvalue weighted by atomic mass is 16.5. The third-order valence-electron chi connectivity index (χ3n) is 3.62. The molecule has 0 saturated heterocycles. The Morgan fingerprint density at radius 1 is 1.53 bits per heavy atom. The number of ketones is 1. The van der Waals surface area contributed by atoms with Gasteiger partial charge in [0.05, 0.1) is 12.8 Å². The van der Waals surface area contributed by atoms with Crippen LogP contribution >= 0.6 is 0 Å².